The average molecular weight is 255 g/mol. The Kier molecular flexibility index (Phi) is 4.70. The lowest BCUT2D eigenvalue weighted by Crippen LogP contribution is -2.06. The fraction of sp³-hybridized carbons (Fsp3) is 0.188. The Morgan fingerprint density at radius 2 is 1.58 bits per heavy atom. The lowest BCUT2D eigenvalue weighted by atomic mass is 10.0. The molecule has 0 saturated heterocycles. The third-order valence-electron chi connectivity index (χ3n) is 2.77. The molecular formula is C16H17NO2+. The highest BCUT2D eigenvalue weighted by Crippen LogP contribution is 2.15. The van der Waals surface area contributed by atoms with Crippen LogP contribution in [0.5, 0.6) is 5.75 Å². The molecule has 19 heavy (non-hydrogen) atoms. The Bertz CT molecular complexity index is 520. The highest BCUT2D eigenvalue weighted by atomic mass is 16.5. The lowest BCUT2D eigenvalue weighted by Gasteiger charge is -2.00. The van der Waals surface area contributed by atoms with Crippen LogP contribution in [0.3, 0.4) is 0 Å². The summed E-state index contributed by atoms with van der Waals surface area (Å²) in [5.41, 5.74) is 6.75. The number of carbonyl (C=O) groups excluding carboxylic acids is 1. The van der Waals surface area contributed by atoms with E-state index < -0.39 is 0 Å². The fourth-order valence-corrected chi connectivity index (χ4v) is 1.73. The molecule has 0 fully saturated rings. The molecule has 0 aliphatic rings. The van der Waals surface area contributed by atoms with Gasteiger partial charge in [0.05, 0.1) is 0 Å². The van der Waals surface area contributed by atoms with Gasteiger partial charge in [0.2, 0.25) is 0 Å². The van der Waals surface area contributed by atoms with E-state index in [0.717, 1.165) is 12.2 Å². The van der Waals surface area contributed by atoms with Gasteiger partial charge in [-0.25, -0.2) is 0 Å². The van der Waals surface area contributed by atoms with Gasteiger partial charge in [0, 0.05) is 36.2 Å². The highest BCUT2D eigenvalue weighted by molar-refractivity contribution is 6.08. The van der Waals surface area contributed by atoms with Gasteiger partial charge in [0.25, 0.3) is 6.61 Å². The molecule has 0 aliphatic heterocycles. The molecule has 0 saturated carbocycles. The minimum atomic E-state index is 0.0223. The van der Waals surface area contributed by atoms with Crippen LogP contribution in [0.1, 0.15) is 22.3 Å². The first-order valence-electron chi connectivity index (χ1n) is 6.34. The summed E-state index contributed by atoms with van der Waals surface area (Å²) in [5.74, 6) is 0.784. The third kappa shape index (κ3) is 3.66. The zero-order valence-electron chi connectivity index (χ0n) is 10.7. The van der Waals surface area contributed by atoms with Crippen molar-refractivity contribution >= 4 is 5.78 Å². The van der Waals surface area contributed by atoms with Gasteiger partial charge in [-0.2, -0.15) is 0 Å². The first kappa shape index (κ1) is 13.3. The van der Waals surface area contributed by atoms with Gasteiger partial charge in [-0.3, -0.25) is 9.53 Å². The molecule has 0 spiro atoms. The summed E-state index contributed by atoms with van der Waals surface area (Å²) in [4.78, 5) is 12.2. The summed E-state index contributed by atoms with van der Waals surface area (Å²) >= 11 is 0. The molecule has 2 aromatic carbocycles. The lowest BCUT2D eigenvalue weighted by molar-refractivity contribution is 0.103. The molecule has 0 aliphatic carbocycles. The van der Waals surface area contributed by atoms with Crippen molar-refractivity contribution in [3.05, 3.63) is 65.7 Å². The van der Waals surface area contributed by atoms with Gasteiger partial charge in [-0.05, 0) is 12.1 Å². The molecular weight excluding hydrogens is 238 g/mol. The summed E-state index contributed by atoms with van der Waals surface area (Å²) in [7, 11) is 0. The quantitative estimate of drug-likeness (QED) is 0.490. The van der Waals surface area contributed by atoms with Crippen LogP contribution in [0.2, 0.25) is 0 Å². The number of benzene rings is 2. The maximum absolute atomic E-state index is 12.2. The van der Waals surface area contributed by atoms with E-state index in [1.165, 1.54) is 0 Å². The van der Waals surface area contributed by atoms with Crippen LogP contribution in [0, 0.1) is 0 Å². The van der Waals surface area contributed by atoms with Crippen LogP contribution in [-0.4, -0.2) is 18.9 Å². The fourth-order valence-electron chi connectivity index (χ4n) is 1.73. The van der Waals surface area contributed by atoms with Gasteiger partial charge in [-0.1, -0.05) is 30.3 Å². The van der Waals surface area contributed by atoms with Crippen molar-refractivity contribution in [2.45, 2.75) is 6.42 Å². The molecule has 0 unspecified atom stereocenters. The van der Waals surface area contributed by atoms with Crippen molar-refractivity contribution < 1.29 is 9.53 Å². The van der Waals surface area contributed by atoms with Crippen LogP contribution < -0.4 is 10.5 Å². The number of ketones is 1. The van der Waals surface area contributed by atoms with Gasteiger partial charge in [0.15, 0.2) is 5.78 Å². The standard InChI is InChI=1S/C16H17NO2/c17-11-4-12-19-15-9-7-14(8-10-15)16(18)13-5-2-1-3-6-13/h1-3,5-10H,4,11-12,17H2/q+1. The van der Waals surface area contributed by atoms with Gasteiger partial charge in [-0.15, -0.1) is 0 Å². The smallest absolute Gasteiger partial charge is 0.330 e. The van der Waals surface area contributed by atoms with E-state index >= 15 is 0 Å². The second-order valence-corrected chi connectivity index (χ2v) is 4.21. The number of hydrogen-bond donors (Lipinski definition) is 1. The summed E-state index contributed by atoms with van der Waals surface area (Å²) in [6, 6.07) is 16.4. The SMILES string of the molecule is NCCC[O+]c1ccc(C(=O)c2ccccc2)cc1. The maximum atomic E-state index is 12.2. The number of nitrogens with two attached hydrogens (primary N) is 1. The van der Waals surface area contributed by atoms with Crippen molar-refractivity contribution in [3.8, 4) is 5.75 Å². The Hall–Kier alpha value is -2.13. The van der Waals surface area contributed by atoms with Crippen LogP contribution >= 0.6 is 0 Å². The average Bonchev–Trinajstić information content (AvgIpc) is 2.48. The van der Waals surface area contributed by atoms with Crippen molar-refractivity contribution in [3.63, 3.8) is 0 Å². The molecule has 0 amide bonds. The maximum Gasteiger partial charge on any atom is 0.343 e. The van der Waals surface area contributed by atoms with Crippen LogP contribution in [0.15, 0.2) is 54.6 Å². The topological polar surface area (TPSA) is 54.4 Å². The van der Waals surface area contributed by atoms with Gasteiger partial charge in [0.1, 0.15) is 0 Å². The summed E-state index contributed by atoms with van der Waals surface area (Å²) < 4.78 is 5.50. The summed E-state index contributed by atoms with van der Waals surface area (Å²) in [5, 5.41) is 0. The number of ether oxygens (including phenoxy) is 1. The summed E-state index contributed by atoms with van der Waals surface area (Å²) in [6.45, 7) is 1.22. The monoisotopic (exact) mass is 255 g/mol. The van der Waals surface area contributed by atoms with Crippen molar-refractivity contribution in [1.82, 2.24) is 0 Å². The molecule has 0 heterocycles. The van der Waals surface area contributed by atoms with E-state index in [1.54, 1.807) is 12.1 Å². The molecule has 0 bridgehead atoms. The van der Waals surface area contributed by atoms with E-state index in [2.05, 4.69) is 0 Å². The minimum Gasteiger partial charge on any atom is -0.330 e. The first-order chi connectivity index (χ1) is 9.31. The molecule has 3 heteroatoms. The van der Waals surface area contributed by atoms with E-state index in [0.29, 0.717) is 24.3 Å². The molecule has 0 aromatic heterocycles. The molecule has 97 valence electrons. The molecule has 0 atom stereocenters. The third-order valence-corrected chi connectivity index (χ3v) is 2.77. The Labute approximate surface area is 113 Å². The minimum absolute atomic E-state index is 0.0223. The van der Waals surface area contributed by atoms with E-state index in [9.17, 15) is 4.79 Å². The number of carbonyl (C=O) groups is 1. The summed E-state index contributed by atoms with van der Waals surface area (Å²) in [6.07, 6.45) is 0.824. The molecule has 2 aromatic rings. The van der Waals surface area contributed by atoms with Crippen LogP contribution in [-0.2, 0) is 0 Å². The molecule has 2 N–H and O–H groups in total. The highest BCUT2D eigenvalue weighted by Gasteiger charge is 2.11. The van der Waals surface area contributed by atoms with Crippen molar-refractivity contribution in [2.75, 3.05) is 13.2 Å². The van der Waals surface area contributed by atoms with E-state index in [1.807, 2.05) is 42.5 Å². The normalized spacial score (nSPS) is 10.2. The predicted octanol–water partition coefficient (Wildman–Crippen LogP) is 2.65. The molecule has 2 rings (SSSR count). The largest absolute Gasteiger partial charge is 0.343 e. The van der Waals surface area contributed by atoms with E-state index in [-0.39, 0.29) is 5.78 Å². The van der Waals surface area contributed by atoms with Crippen molar-refractivity contribution in [2.24, 2.45) is 5.73 Å². The van der Waals surface area contributed by atoms with Crippen LogP contribution in [0.4, 0.5) is 0 Å². The second kappa shape index (κ2) is 6.71. The first-order valence-corrected chi connectivity index (χ1v) is 6.34. The Balaban J connectivity index is 2.04. The Morgan fingerprint density at radius 3 is 2.21 bits per heavy atom. The number of hydrogen-bond acceptors (Lipinski definition) is 3. The number of rotatable bonds is 6. The zero-order valence-corrected chi connectivity index (χ0v) is 10.7. The second-order valence-electron chi connectivity index (χ2n) is 4.21. The van der Waals surface area contributed by atoms with Crippen LogP contribution in [0.25, 0.3) is 0 Å². The van der Waals surface area contributed by atoms with Gasteiger partial charge < -0.3 is 5.73 Å². The van der Waals surface area contributed by atoms with Crippen molar-refractivity contribution in [1.29, 1.82) is 0 Å². The van der Waals surface area contributed by atoms with E-state index in [4.69, 9.17) is 10.5 Å². The molecule has 3 nitrogen and oxygen atoms in total. The van der Waals surface area contributed by atoms with Gasteiger partial charge >= 0.3 is 5.75 Å². The molecule has 1 radical (unpaired) electrons. The Morgan fingerprint density at radius 1 is 0.947 bits per heavy atom. The predicted molar refractivity (Wildman–Crippen MR) is 75.5 cm³/mol. The zero-order chi connectivity index (χ0) is 13.5.